The summed E-state index contributed by atoms with van der Waals surface area (Å²) in [5.41, 5.74) is 2.33. The Morgan fingerprint density at radius 3 is 2.67 bits per heavy atom. The number of unbranched alkanes of at least 4 members (excludes halogenated alkanes) is 1. The molecule has 1 rings (SSSR count). The molecule has 0 saturated heterocycles. The van der Waals surface area contributed by atoms with Crippen LogP contribution >= 0.6 is 0 Å². The zero-order chi connectivity index (χ0) is 10.9. The van der Waals surface area contributed by atoms with Gasteiger partial charge in [-0.1, -0.05) is 49.8 Å². The van der Waals surface area contributed by atoms with Gasteiger partial charge < -0.3 is 0 Å². The molecule has 0 N–H and O–H groups in total. The van der Waals surface area contributed by atoms with Crippen LogP contribution in [0.4, 0.5) is 0 Å². The summed E-state index contributed by atoms with van der Waals surface area (Å²) < 4.78 is 0. The normalized spacial score (nSPS) is 12.3. The molecule has 0 aliphatic rings. The number of allylic oxidation sites excluding steroid dienone is 1. The summed E-state index contributed by atoms with van der Waals surface area (Å²) in [6.45, 7) is 5.18. The third kappa shape index (κ3) is 5.16. The first-order chi connectivity index (χ1) is 7.33. The Morgan fingerprint density at radius 1 is 1.27 bits per heavy atom. The zero-order valence-electron chi connectivity index (χ0n) is 9.61. The number of hydrogen-bond acceptors (Lipinski definition) is 1. The van der Waals surface area contributed by atoms with Gasteiger partial charge >= 0.3 is 0 Å². The molecule has 1 heteroatoms. The van der Waals surface area contributed by atoms with Gasteiger partial charge in [-0.3, -0.25) is 4.99 Å². The molecule has 0 atom stereocenters. The van der Waals surface area contributed by atoms with Crippen molar-refractivity contribution < 1.29 is 0 Å². The van der Waals surface area contributed by atoms with Crippen molar-refractivity contribution in [3.63, 3.8) is 0 Å². The maximum atomic E-state index is 4.46. The smallest absolute Gasteiger partial charge is 0.0392 e. The molecule has 1 nitrogen and oxygen atoms in total. The fourth-order valence-electron chi connectivity index (χ4n) is 1.25. The Labute approximate surface area is 92.6 Å². The Bertz CT molecular complexity index is 322. The summed E-state index contributed by atoms with van der Waals surface area (Å²) in [5.74, 6) is 0. The topological polar surface area (TPSA) is 12.4 Å². The molecule has 1 aromatic rings. The fourth-order valence-corrected chi connectivity index (χ4v) is 1.25. The van der Waals surface area contributed by atoms with Gasteiger partial charge in [0.1, 0.15) is 0 Å². The minimum Gasteiger partial charge on any atom is -0.290 e. The van der Waals surface area contributed by atoms with Gasteiger partial charge in [-0.05, 0) is 25.0 Å². The second-order valence-corrected chi connectivity index (χ2v) is 3.62. The maximum absolute atomic E-state index is 4.46. The molecule has 80 valence electrons. The lowest BCUT2D eigenvalue weighted by Gasteiger charge is -1.94. The minimum absolute atomic E-state index is 0.946. The van der Waals surface area contributed by atoms with Crippen LogP contribution in [-0.4, -0.2) is 12.3 Å². The van der Waals surface area contributed by atoms with E-state index in [9.17, 15) is 0 Å². The van der Waals surface area contributed by atoms with Crippen molar-refractivity contribution in [2.75, 3.05) is 6.54 Å². The molecule has 15 heavy (non-hydrogen) atoms. The summed E-state index contributed by atoms with van der Waals surface area (Å²) in [5, 5.41) is 0. The first-order valence-electron chi connectivity index (χ1n) is 5.57. The maximum Gasteiger partial charge on any atom is 0.0392 e. The number of benzene rings is 1. The number of nitrogens with zero attached hydrogens (tertiary/aromatic N) is 1. The number of aliphatic imine (C=N–C) groups is 1. The molecule has 0 heterocycles. The highest BCUT2D eigenvalue weighted by Crippen LogP contribution is 2.01. The van der Waals surface area contributed by atoms with E-state index in [2.05, 4.69) is 43.1 Å². The van der Waals surface area contributed by atoms with Crippen LogP contribution in [0.15, 0.2) is 41.4 Å². The van der Waals surface area contributed by atoms with Crippen molar-refractivity contribution in [3.8, 4) is 0 Å². The lowest BCUT2D eigenvalue weighted by molar-refractivity contribution is 0.808. The second kappa shape index (κ2) is 6.99. The minimum atomic E-state index is 0.946. The van der Waals surface area contributed by atoms with E-state index in [1.165, 1.54) is 18.4 Å². The van der Waals surface area contributed by atoms with Crippen molar-refractivity contribution in [2.24, 2.45) is 4.99 Å². The highest BCUT2D eigenvalue weighted by molar-refractivity contribution is 5.96. The van der Waals surface area contributed by atoms with Crippen LogP contribution < -0.4 is 0 Å². The summed E-state index contributed by atoms with van der Waals surface area (Å²) >= 11 is 0. The number of hydrogen-bond donors (Lipinski definition) is 0. The molecule has 0 fully saturated rings. The molecule has 0 aromatic heterocycles. The molecule has 0 radical (unpaired) electrons. The molecule has 0 saturated carbocycles. The summed E-state index contributed by atoms with van der Waals surface area (Å²) in [4.78, 5) is 4.46. The molecular weight excluding hydrogens is 182 g/mol. The van der Waals surface area contributed by atoms with Crippen molar-refractivity contribution >= 4 is 11.8 Å². The largest absolute Gasteiger partial charge is 0.290 e. The Kier molecular flexibility index (Phi) is 5.46. The average molecular weight is 201 g/mol. The summed E-state index contributed by atoms with van der Waals surface area (Å²) in [6, 6.07) is 10.3. The van der Waals surface area contributed by atoms with Crippen LogP contribution in [0.1, 0.15) is 32.3 Å². The third-order valence-corrected chi connectivity index (χ3v) is 2.19. The molecular formula is C14H19N. The van der Waals surface area contributed by atoms with E-state index in [0.29, 0.717) is 0 Å². The van der Waals surface area contributed by atoms with E-state index in [4.69, 9.17) is 0 Å². The Morgan fingerprint density at radius 2 is 2.00 bits per heavy atom. The predicted octanol–water partition coefficient (Wildman–Crippen LogP) is 3.96. The van der Waals surface area contributed by atoms with E-state index in [-0.39, 0.29) is 0 Å². The van der Waals surface area contributed by atoms with Crippen LogP contribution in [0.5, 0.6) is 0 Å². The number of rotatable bonds is 5. The molecule has 0 aliphatic carbocycles. The Hall–Kier alpha value is -1.37. The van der Waals surface area contributed by atoms with E-state index in [1.54, 1.807) is 0 Å². The molecule has 0 bridgehead atoms. The third-order valence-electron chi connectivity index (χ3n) is 2.19. The van der Waals surface area contributed by atoms with Crippen molar-refractivity contribution in [1.82, 2.24) is 0 Å². The van der Waals surface area contributed by atoms with Crippen LogP contribution in [-0.2, 0) is 0 Å². The molecule has 1 aromatic carbocycles. The zero-order valence-corrected chi connectivity index (χ0v) is 9.61. The van der Waals surface area contributed by atoms with Gasteiger partial charge in [0.25, 0.3) is 0 Å². The highest BCUT2D eigenvalue weighted by Gasteiger charge is 1.86. The fraction of sp³-hybridized carbons (Fsp3) is 0.357. The van der Waals surface area contributed by atoms with Gasteiger partial charge in [0.15, 0.2) is 0 Å². The van der Waals surface area contributed by atoms with E-state index >= 15 is 0 Å². The van der Waals surface area contributed by atoms with Crippen molar-refractivity contribution in [2.45, 2.75) is 26.7 Å². The van der Waals surface area contributed by atoms with Gasteiger partial charge in [0.05, 0.1) is 0 Å². The molecule has 0 amide bonds. The van der Waals surface area contributed by atoms with Gasteiger partial charge in [0, 0.05) is 12.3 Å². The molecule has 0 aliphatic heterocycles. The highest BCUT2D eigenvalue weighted by atomic mass is 14.7. The standard InChI is InChI=1S/C14H19N/c1-3-4-12-15-13(2)10-11-14-8-6-5-7-9-14/h5-11H,3-4,12H2,1-2H3/b11-10+,15-13?. The second-order valence-electron chi connectivity index (χ2n) is 3.62. The lowest BCUT2D eigenvalue weighted by atomic mass is 10.2. The molecule has 0 unspecified atom stereocenters. The summed E-state index contributed by atoms with van der Waals surface area (Å²) in [6.07, 6.45) is 6.56. The quantitative estimate of drug-likeness (QED) is 0.505. The van der Waals surface area contributed by atoms with Gasteiger partial charge in [-0.25, -0.2) is 0 Å². The predicted molar refractivity (Wildman–Crippen MR) is 68.4 cm³/mol. The van der Waals surface area contributed by atoms with Crippen LogP contribution in [0.2, 0.25) is 0 Å². The average Bonchev–Trinajstić information content (AvgIpc) is 2.28. The Balaban J connectivity index is 2.47. The first-order valence-corrected chi connectivity index (χ1v) is 5.57. The SMILES string of the molecule is CCCCN=C(C)/C=C/c1ccccc1. The molecule has 0 spiro atoms. The van der Waals surface area contributed by atoms with Gasteiger partial charge in [-0.15, -0.1) is 0 Å². The van der Waals surface area contributed by atoms with Crippen molar-refractivity contribution in [1.29, 1.82) is 0 Å². The monoisotopic (exact) mass is 201 g/mol. The van der Waals surface area contributed by atoms with Crippen LogP contribution in [0.3, 0.4) is 0 Å². The van der Waals surface area contributed by atoms with E-state index in [0.717, 1.165) is 12.3 Å². The van der Waals surface area contributed by atoms with E-state index < -0.39 is 0 Å². The first kappa shape index (κ1) is 11.7. The van der Waals surface area contributed by atoms with Crippen LogP contribution in [0, 0.1) is 0 Å². The summed E-state index contributed by atoms with van der Waals surface area (Å²) in [7, 11) is 0. The van der Waals surface area contributed by atoms with Crippen molar-refractivity contribution in [3.05, 3.63) is 42.0 Å². The lowest BCUT2D eigenvalue weighted by Crippen LogP contribution is -1.88. The van der Waals surface area contributed by atoms with Crippen LogP contribution in [0.25, 0.3) is 6.08 Å². The van der Waals surface area contributed by atoms with Gasteiger partial charge in [0.2, 0.25) is 0 Å². The van der Waals surface area contributed by atoms with Gasteiger partial charge in [-0.2, -0.15) is 0 Å². The van der Waals surface area contributed by atoms with E-state index in [1.807, 2.05) is 18.2 Å².